The van der Waals surface area contributed by atoms with Gasteiger partial charge in [-0.1, -0.05) is 96.8 Å². The van der Waals surface area contributed by atoms with Gasteiger partial charge in [0.1, 0.15) is 0 Å². The summed E-state index contributed by atoms with van der Waals surface area (Å²) in [6, 6.07) is -0.833. The van der Waals surface area contributed by atoms with Gasteiger partial charge >= 0.3 is 63.4 Å². The Morgan fingerprint density at radius 1 is 0.774 bits per heavy atom. The molecular formula is C22H47KN2O6. The van der Waals surface area contributed by atoms with Gasteiger partial charge in [0.05, 0.1) is 0 Å². The summed E-state index contributed by atoms with van der Waals surface area (Å²) in [6.07, 6.45) is 19.1. The fraction of sp³-hybridized carbons (Fsp3) is 0.864. The molecule has 0 aliphatic carbocycles. The minimum atomic E-state index is -1.08. The van der Waals surface area contributed by atoms with E-state index in [-0.39, 0.29) is 51.4 Å². The fourth-order valence-electron chi connectivity index (χ4n) is 2.69. The minimum Gasteiger partial charge on any atom is -0.563 e. The molecule has 0 saturated heterocycles. The average molecular weight is 475 g/mol. The largest absolute Gasteiger partial charge is 1.00 e. The number of unbranched alkanes of at least 4 members (excludes halogenated alkanes) is 14. The van der Waals surface area contributed by atoms with Crippen LogP contribution in [0.4, 0.5) is 4.79 Å². The van der Waals surface area contributed by atoms with Crippen LogP contribution in [0.3, 0.4) is 0 Å². The molecule has 0 aliphatic rings. The Labute approximate surface area is 232 Å². The quantitative estimate of drug-likeness (QED) is 0.0992. The molecule has 2 amide bonds. The molecule has 1 atom stereocenters. The molecule has 9 heteroatoms. The zero-order chi connectivity index (χ0) is 23.5. The third kappa shape index (κ3) is 53.5. The molecule has 0 aromatic carbocycles. The van der Waals surface area contributed by atoms with Crippen LogP contribution in [-0.2, 0) is 4.79 Å². The van der Waals surface area contributed by atoms with Crippen LogP contribution in [0.15, 0.2) is 0 Å². The van der Waals surface area contributed by atoms with Crippen LogP contribution in [0.5, 0.6) is 0 Å². The Kier molecular flexibility index (Phi) is 43.3. The molecule has 0 saturated carbocycles. The van der Waals surface area contributed by atoms with Gasteiger partial charge in [0.25, 0.3) is 0 Å². The van der Waals surface area contributed by atoms with Crippen molar-refractivity contribution < 1.29 is 81.4 Å². The topological polar surface area (TPSA) is 167 Å². The van der Waals surface area contributed by atoms with E-state index in [1.165, 1.54) is 83.5 Å². The summed E-state index contributed by atoms with van der Waals surface area (Å²) >= 11 is 0. The van der Waals surface area contributed by atoms with Crippen LogP contribution in [0.25, 0.3) is 0 Å². The number of nitrogens with two attached hydrogens (primary N) is 2. The number of hydrogen-bond acceptors (Lipinski definition) is 5. The Morgan fingerprint density at radius 2 is 1.06 bits per heavy atom. The number of rotatable bonds is 18. The van der Waals surface area contributed by atoms with Crippen molar-refractivity contribution in [2.45, 2.75) is 116 Å². The van der Waals surface area contributed by atoms with Gasteiger partial charge in [0.15, 0.2) is 0 Å². The summed E-state index contributed by atoms with van der Waals surface area (Å²) in [5.74, 6) is -0.653. The summed E-state index contributed by atoms with van der Waals surface area (Å²) in [7, 11) is 0. The molecule has 1 unspecified atom stereocenters. The van der Waals surface area contributed by atoms with Gasteiger partial charge in [-0.3, -0.25) is 4.79 Å². The minimum absolute atomic E-state index is 0. The van der Waals surface area contributed by atoms with Crippen molar-refractivity contribution in [3.8, 4) is 0 Å². The van der Waals surface area contributed by atoms with Gasteiger partial charge in [0, 0.05) is 13.0 Å². The fourth-order valence-corrected chi connectivity index (χ4v) is 2.69. The van der Waals surface area contributed by atoms with Crippen molar-refractivity contribution >= 4 is 12.0 Å². The normalized spacial score (nSPS) is 10.6. The Hall–Kier alpha value is 0.256. The number of aliphatic hydroxyl groups is 3. The molecule has 0 fully saturated rings. The Morgan fingerprint density at radius 3 is 1.26 bits per heavy atom. The third-order valence-electron chi connectivity index (χ3n) is 4.35. The maximum absolute atomic E-state index is 10.3. The van der Waals surface area contributed by atoms with Gasteiger partial charge in [-0.2, -0.15) is 6.61 Å². The van der Waals surface area contributed by atoms with Gasteiger partial charge in [0.2, 0.25) is 0 Å². The van der Waals surface area contributed by atoms with E-state index >= 15 is 0 Å². The number of carbonyl (C=O) groups excluding carboxylic acids is 1. The molecule has 0 aromatic rings. The van der Waals surface area contributed by atoms with E-state index in [2.05, 4.69) is 18.4 Å². The average Bonchev–Trinajstić information content (AvgIpc) is 2.70. The first-order chi connectivity index (χ1) is 14.3. The van der Waals surface area contributed by atoms with Gasteiger partial charge < -0.3 is 31.9 Å². The van der Waals surface area contributed by atoms with Gasteiger partial charge in [-0.25, -0.2) is 4.79 Å². The molecule has 0 spiro atoms. The van der Waals surface area contributed by atoms with Crippen molar-refractivity contribution in [1.82, 2.24) is 0 Å². The molecule has 0 rings (SSSR count). The molecular weight excluding hydrogens is 427 g/mol. The van der Waals surface area contributed by atoms with Crippen LogP contribution in [0.2, 0.25) is 0 Å². The summed E-state index contributed by atoms with van der Waals surface area (Å²) in [4.78, 5) is 19.3. The summed E-state index contributed by atoms with van der Waals surface area (Å²) < 4.78 is 0. The first-order valence-corrected chi connectivity index (χ1v) is 11.3. The molecule has 0 bridgehead atoms. The van der Waals surface area contributed by atoms with Crippen molar-refractivity contribution in [3.63, 3.8) is 0 Å². The Balaban J connectivity index is -0.000000275. The molecule has 0 aromatic heterocycles. The summed E-state index contributed by atoms with van der Waals surface area (Å²) in [5, 5.41) is 32.3. The zero-order valence-electron chi connectivity index (χ0n) is 19.9. The molecule has 0 aliphatic heterocycles. The number of primary amides is 2. The van der Waals surface area contributed by atoms with E-state index in [0.717, 1.165) is 12.8 Å². The predicted octanol–water partition coefficient (Wildman–Crippen LogP) is 1.23. The number of carboxylic acids is 1. The second-order valence-corrected chi connectivity index (χ2v) is 7.39. The third-order valence-corrected chi connectivity index (χ3v) is 4.35. The van der Waals surface area contributed by atoms with Crippen molar-refractivity contribution in [2.24, 2.45) is 11.5 Å². The number of carboxylic acid groups (broad SMARTS) is 1. The second-order valence-electron chi connectivity index (χ2n) is 7.39. The SMILES string of the molecule is CCCCCCCCCCCCCCCCCC(=O)O.NC(N)=O.O[CH-]C(O)CO.[K+]. The van der Waals surface area contributed by atoms with Crippen LogP contribution in [0, 0.1) is 6.61 Å². The van der Waals surface area contributed by atoms with E-state index in [1.54, 1.807) is 0 Å². The number of aliphatic carboxylic acids is 1. The van der Waals surface area contributed by atoms with Gasteiger partial charge in [-0.05, 0) is 12.5 Å². The maximum Gasteiger partial charge on any atom is 1.00 e. The van der Waals surface area contributed by atoms with E-state index in [9.17, 15) is 4.79 Å². The van der Waals surface area contributed by atoms with E-state index in [4.69, 9.17) is 25.2 Å². The first-order valence-electron chi connectivity index (χ1n) is 11.3. The van der Waals surface area contributed by atoms with Crippen molar-refractivity contribution in [2.75, 3.05) is 6.61 Å². The molecule has 31 heavy (non-hydrogen) atoms. The molecule has 8 N–H and O–H groups in total. The van der Waals surface area contributed by atoms with Crippen LogP contribution >= 0.6 is 0 Å². The summed E-state index contributed by atoms with van der Waals surface area (Å²) in [6.45, 7) is 2.38. The van der Waals surface area contributed by atoms with Crippen molar-refractivity contribution in [1.29, 1.82) is 0 Å². The van der Waals surface area contributed by atoms with Crippen LogP contribution < -0.4 is 62.9 Å². The number of aliphatic hydroxyl groups excluding tert-OH is 3. The number of amides is 2. The van der Waals surface area contributed by atoms with Crippen molar-refractivity contribution in [3.05, 3.63) is 6.61 Å². The molecule has 0 heterocycles. The van der Waals surface area contributed by atoms with E-state index in [1.807, 2.05) is 0 Å². The molecule has 8 nitrogen and oxygen atoms in total. The number of hydrogen-bond donors (Lipinski definition) is 6. The molecule has 0 radical (unpaired) electrons. The van der Waals surface area contributed by atoms with Crippen LogP contribution in [0.1, 0.15) is 110 Å². The van der Waals surface area contributed by atoms with E-state index in [0.29, 0.717) is 13.0 Å². The first kappa shape index (κ1) is 38.5. The monoisotopic (exact) mass is 474 g/mol. The second kappa shape index (κ2) is 34.9. The van der Waals surface area contributed by atoms with Crippen LogP contribution in [-0.4, -0.2) is 45.1 Å². The van der Waals surface area contributed by atoms with E-state index < -0.39 is 24.7 Å². The smallest absolute Gasteiger partial charge is 0.563 e. The standard InChI is InChI=1S/C18H36O2.C3H7O3.CH4N2O.K/c1-2-3-4-5-6-7-8-9-10-11-12-13-14-15-16-17-18(19)20;4-1-3(6)2-5;2-1(3)4;/h2-17H2,1H3,(H,19,20);1,3-6H,2H2;(H4,2,3,4);/q;-1;;+1. The Bertz CT molecular complexity index is 355. The van der Waals surface area contributed by atoms with Gasteiger partial charge in [-0.15, -0.1) is 0 Å². The predicted molar refractivity (Wildman–Crippen MR) is 120 cm³/mol. The summed E-state index contributed by atoms with van der Waals surface area (Å²) in [5.41, 5.74) is 8.50. The maximum atomic E-state index is 10.3. The zero-order valence-corrected chi connectivity index (χ0v) is 23.1. The number of urea groups is 1. The molecule has 182 valence electrons. The number of carbonyl (C=O) groups is 2.